The number of amides is 1. The SMILES string of the molecule is CN(CCCc1cn(C)c2ccccc12)C(=O)OC(C)(C)C. The van der Waals surface area contributed by atoms with Crippen LogP contribution in [0.15, 0.2) is 30.5 Å². The Balaban J connectivity index is 1.92. The monoisotopic (exact) mass is 302 g/mol. The van der Waals surface area contributed by atoms with Gasteiger partial charge in [-0.25, -0.2) is 4.79 Å². The van der Waals surface area contributed by atoms with Crippen molar-refractivity contribution < 1.29 is 9.53 Å². The molecule has 0 aliphatic carbocycles. The van der Waals surface area contributed by atoms with E-state index in [1.54, 1.807) is 11.9 Å². The van der Waals surface area contributed by atoms with Crippen molar-refractivity contribution in [2.45, 2.75) is 39.2 Å². The number of aromatic nitrogens is 1. The van der Waals surface area contributed by atoms with Gasteiger partial charge >= 0.3 is 6.09 Å². The summed E-state index contributed by atoms with van der Waals surface area (Å²) in [7, 11) is 3.86. The lowest BCUT2D eigenvalue weighted by Gasteiger charge is -2.24. The maximum atomic E-state index is 11.9. The molecule has 1 aromatic carbocycles. The van der Waals surface area contributed by atoms with E-state index in [-0.39, 0.29) is 6.09 Å². The van der Waals surface area contributed by atoms with E-state index in [4.69, 9.17) is 4.74 Å². The summed E-state index contributed by atoms with van der Waals surface area (Å²) >= 11 is 0. The van der Waals surface area contributed by atoms with Crippen LogP contribution in [-0.4, -0.2) is 34.8 Å². The molecule has 0 saturated carbocycles. The van der Waals surface area contributed by atoms with Gasteiger partial charge in [0.15, 0.2) is 0 Å². The van der Waals surface area contributed by atoms with Crippen LogP contribution in [0.5, 0.6) is 0 Å². The fraction of sp³-hybridized carbons (Fsp3) is 0.500. The molecular weight excluding hydrogens is 276 g/mol. The topological polar surface area (TPSA) is 34.5 Å². The van der Waals surface area contributed by atoms with E-state index in [2.05, 4.69) is 42.1 Å². The normalized spacial score (nSPS) is 11.7. The van der Waals surface area contributed by atoms with E-state index < -0.39 is 5.60 Å². The molecule has 0 saturated heterocycles. The number of carbonyl (C=O) groups is 1. The number of carbonyl (C=O) groups excluding carboxylic acids is 1. The van der Waals surface area contributed by atoms with Gasteiger partial charge in [0, 0.05) is 37.7 Å². The van der Waals surface area contributed by atoms with Crippen LogP contribution in [0.4, 0.5) is 4.79 Å². The van der Waals surface area contributed by atoms with Crippen molar-refractivity contribution in [1.29, 1.82) is 0 Å². The van der Waals surface area contributed by atoms with Crippen molar-refractivity contribution in [3.63, 3.8) is 0 Å². The summed E-state index contributed by atoms with van der Waals surface area (Å²) in [5.74, 6) is 0. The zero-order valence-electron chi connectivity index (χ0n) is 14.2. The second-order valence-electron chi connectivity index (χ2n) is 6.79. The van der Waals surface area contributed by atoms with Gasteiger partial charge in [-0.1, -0.05) is 18.2 Å². The van der Waals surface area contributed by atoms with E-state index in [1.165, 1.54) is 16.5 Å². The first-order valence-electron chi connectivity index (χ1n) is 7.75. The maximum Gasteiger partial charge on any atom is 0.410 e. The first-order chi connectivity index (χ1) is 10.3. The number of ether oxygens (including phenoxy) is 1. The molecule has 0 aliphatic heterocycles. The minimum Gasteiger partial charge on any atom is -0.444 e. The van der Waals surface area contributed by atoms with Crippen LogP contribution in [0.25, 0.3) is 10.9 Å². The van der Waals surface area contributed by atoms with Gasteiger partial charge in [0.05, 0.1) is 0 Å². The first kappa shape index (κ1) is 16.4. The summed E-state index contributed by atoms with van der Waals surface area (Å²) in [6, 6.07) is 8.41. The van der Waals surface area contributed by atoms with E-state index >= 15 is 0 Å². The van der Waals surface area contributed by atoms with Gasteiger partial charge in [0.1, 0.15) is 5.60 Å². The molecule has 0 unspecified atom stereocenters. The molecule has 0 bridgehead atoms. The van der Waals surface area contributed by atoms with Crippen molar-refractivity contribution in [2.75, 3.05) is 13.6 Å². The first-order valence-corrected chi connectivity index (χ1v) is 7.75. The van der Waals surface area contributed by atoms with E-state index in [0.717, 1.165) is 12.8 Å². The highest BCUT2D eigenvalue weighted by Gasteiger charge is 2.19. The smallest absolute Gasteiger partial charge is 0.410 e. The molecule has 120 valence electrons. The Morgan fingerprint density at radius 2 is 1.95 bits per heavy atom. The average Bonchev–Trinajstić information content (AvgIpc) is 2.74. The lowest BCUT2D eigenvalue weighted by atomic mass is 10.1. The fourth-order valence-corrected chi connectivity index (χ4v) is 2.56. The lowest BCUT2D eigenvalue weighted by Crippen LogP contribution is -2.34. The molecule has 1 amide bonds. The number of hydrogen-bond donors (Lipinski definition) is 0. The molecule has 0 aliphatic rings. The Bertz CT molecular complexity index is 653. The molecule has 0 atom stereocenters. The highest BCUT2D eigenvalue weighted by atomic mass is 16.6. The van der Waals surface area contributed by atoms with E-state index in [1.807, 2.05) is 20.8 Å². The number of hydrogen-bond acceptors (Lipinski definition) is 2. The molecule has 2 rings (SSSR count). The van der Waals surface area contributed by atoms with Crippen molar-refractivity contribution in [1.82, 2.24) is 9.47 Å². The zero-order valence-corrected chi connectivity index (χ0v) is 14.2. The van der Waals surface area contributed by atoms with Gasteiger partial charge in [0.25, 0.3) is 0 Å². The Morgan fingerprint density at radius 1 is 1.27 bits per heavy atom. The zero-order chi connectivity index (χ0) is 16.3. The minimum atomic E-state index is -0.443. The summed E-state index contributed by atoms with van der Waals surface area (Å²) in [6.45, 7) is 6.34. The number of fused-ring (bicyclic) bond motifs is 1. The second kappa shape index (κ2) is 6.42. The summed E-state index contributed by atoms with van der Waals surface area (Å²) in [4.78, 5) is 13.6. The summed E-state index contributed by atoms with van der Waals surface area (Å²) in [5.41, 5.74) is 2.13. The third-order valence-corrected chi connectivity index (χ3v) is 3.62. The second-order valence-corrected chi connectivity index (χ2v) is 6.79. The Kier molecular flexibility index (Phi) is 4.79. The average molecular weight is 302 g/mol. The number of rotatable bonds is 4. The lowest BCUT2D eigenvalue weighted by molar-refractivity contribution is 0.0297. The van der Waals surface area contributed by atoms with Crippen molar-refractivity contribution >= 4 is 17.0 Å². The molecule has 1 heterocycles. The van der Waals surface area contributed by atoms with Crippen LogP contribution < -0.4 is 0 Å². The predicted molar refractivity (Wildman–Crippen MR) is 90.1 cm³/mol. The Hall–Kier alpha value is -1.97. The third-order valence-electron chi connectivity index (χ3n) is 3.62. The number of benzene rings is 1. The molecular formula is C18H26N2O2. The van der Waals surface area contributed by atoms with Crippen LogP contribution in [0.2, 0.25) is 0 Å². The summed E-state index contributed by atoms with van der Waals surface area (Å²) < 4.78 is 7.51. The van der Waals surface area contributed by atoms with Gasteiger partial charge in [-0.05, 0) is 45.2 Å². The number of nitrogens with zero attached hydrogens (tertiary/aromatic N) is 2. The predicted octanol–water partition coefficient (Wildman–Crippen LogP) is 3.98. The van der Waals surface area contributed by atoms with Crippen molar-refractivity contribution in [3.8, 4) is 0 Å². The molecule has 22 heavy (non-hydrogen) atoms. The van der Waals surface area contributed by atoms with Gasteiger partial charge in [-0.15, -0.1) is 0 Å². The van der Waals surface area contributed by atoms with E-state index in [9.17, 15) is 4.79 Å². The van der Waals surface area contributed by atoms with Crippen LogP contribution >= 0.6 is 0 Å². The highest BCUT2D eigenvalue weighted by molar-refractivity contribution is 5.83. The van der Waals surface area contributed by atoms with Crippen LogP contribution in [0, 0.1) is 0 Å². The molecule has 4 heteroatoms. The van der Waals surface area contributed by atoms with E-state index in [0.29, 0.717) is 6.54 Å². The Morgan fingerprint density at radius 3 is 2.64 bits per heavy atom. The molecule has 1 aromatic heterocycles. The molecule has 0 spiro atoms. The quantitative estimate of drug-likeness (QED) is 0.856. The van der Waals surface area contributed by atoms with Gasteiger partial charge in [-0.3, -0.25) is 0 Å². The molecule has 0 N–H and O–H groups in total. The largest absolute Gasteiger partial charge is 0.444 e. The molecule has 0 fully saturated rings. The minimum absolute atomic E-state index is 0.259. The highest BCUT2D eigenvalue weighted by Crippen LogP contribution is 2.21. The van der Waals surface area contributed by atoms with Crippen molar-refractivity contribution in [3.05, 3.63) is 36.0 Å². The molecule has 2 aromatic rings. The summed E-state index contributed by atoms with van der Waals surface area (Å²) in [6.07, 6.45) is 3.79. The van der Waals surface area contributed by atoms with Crippen LogP contribution in [0.3, 0.4) is 0 Å². The van der Waals surface area contributed by atoms with Crippen LogP contribution in [0.1, 0.15) is 32.8 Å². The van der Waals surface area contributed by atoms with Gasteiger partial charge in [-0.2, -0.15) is 0 Å². The standard InChI is InChI=1S/C18H26N2O2/c1-18(2,3)22-17(21)19(4)12-8-9-14-13-20(5)16-11-7-6-10-15(14)16/h6-7,10-11,13H,8-9,12H2,1-5H3. The van der Waals surface area contributed by atoms with Crippen LogP contribution in [-0.2, 0) is 18.2 Å². The maximum absolute atomic E-state index is 11.9. The number of para-hydroxylation sites is 1. The van der Waals surface area contributed by atoms with Gasteiger partial charge in [0.2, 0.25) is 0 Å². The Labute approximate surface area is 132 Å². The van der Waals surface area contributed by atoms with Crippen molar-refractivity contribution in [2.24, 2.45) is 7.05 Å². The number of aryl methyl sites for hydroxylation is 2. The summed E-state index contributed by atoms with van der Waals surface area (Å²) in [5, 5.41) is 1.30. The molecule has 0 radical (unpaired) electrons. The third kappa shape index (κ3) is 4.03. The molecule has 4 nitrogen and oxygen atoms in total. The fourth-order valence-electron chi connectivity index (χ4n) is 2.56. The van der Waals surface area contributed by atoms with Gasteiger partial charge < -0.3 is 14.2 Å².